The zero-order chi connectivity index (χ0) is 11.4. The number of piperazine rings is 1. The van der Waals surface area contributed by atoms with E-state index in [0.29, 0.717) is 0 Å². The number of hydrogen-bond acceptors (Lipinski definition) is 3. The first-order valence-corrected chi connectivity index (χ1v) is 6.08. The van der Waals surface area contributed by atoms with Gasteiger partial charge in [-0.1, -0.05) is 13.0 Å². The summed E-state index contributed by atoms with van der Waals surface area (Å²) in [7, 11) is 1.97. The summed E-state index contributed by atoms with van der Waals surface area (Å²) >= 11 is 0. The Bertz CT molecular complexity index is 330. The van der Waals surface area contributed by atoms with Crippen molar-refractivity contribution in [1.82, 2.24) is 4.90 Å². The second-order valence-electron chi connectivity index (χ2n) is 4.22. The Kier molecular flexibility index (Phi) is 3.67. The molecule has 1 aliphatic rings. The van der Waals surface area contributed by atoms with Gasteiger partial charge >= 0.3 is 0 Å². The van der Waals surface area contributed by atoms with Crippen molar-refractivity contribution < 1.29 is 0 Å². The second kappa shape index (κ2) is 5.21. The lowest BCUT2D eigenvalue weighted by Gasteiger charge is -2.35. The van der Waals surface area contributed by atoms with Gasteiger partial charge in [-0.25, -0.2) is 0 Å². The summed E-state index contributed by atoms with van der Waals surface area (Å²) in [6, 6.07) is 8.64. The van der Waals surface area contributed by atoms with E-state index in [-0.39, 0.29) is 0 Å². The van der Waals surface area contributed by atoms with E-state index in [1.54, 1.807) is 0 Å². The normalized spacial score (nSPS) is 17.5. The molecule has 1 aromatic rings. The first-order valence-electron chi connectivity index (χ1n) is 6.08. The van der Waals surface area contributed by atoms with E-state index >= 15 is 0 Å². The van der Waals surface area contributed by atoms with Crippen molar-refractivity contribution in [1.29, 1.82) is 0 Å². The van der Waals surface area contributed by atoms with Crippen molar-refractivity contribution >= 4 is 11.4 Å². The quantitative estimate of drug-likeness (QED) is 0.837. The van der Waals surface area contributed by atoms with Crippen LogP contribution in [0.2, 0.25) is 0 Å². The minimum absolute atomic E-state index is 1.14. The van der Waals surface area contributed by atoms with Crippen LogP contribution < -0.4 is 10.2 Å². The van der Waals surface area contributed by atoms with E-state index < -0.39 is 0 Å². The first kappa shape index (κ1) is 11.3. The smallest absolute Gasteiger partial charge is 0.0387 e. The molecule has 2 rings (SSSR count). The molecule has 1 heterocycles. The third kappa shape index (κ3) is 2.47. The van der Waals surface area contributed by atoms with Crippen molar-refractivity contribution in [3.05, 3.63) is 24.3 Å². The summed E-state index contributed by atoms with van der Waals surface area (Å²) in [5.41, 5.74) is 2.53. The summed E-state index contributed by atoms with van der Waals surface area (Å²) in [4.78, 5) is 4.96. The van der Waals surface area contributed by atoms with E-state index in [1.165, 1.54) is 31.0 Å². The highest BCUT2D eigenvalue weighted by atomic mass is 15.3. The topological polar surface area (TPSA) is 18.5 Å². The van der Waals surface area contributed by atoms with Gasteiger partial charge in [0.1, 0.15) is 0 Å². The fraction of sp³-hybridized carbons (Fsp3) is 0.538. The lowest BCUT2D eigenvalue weighted by Crippen LogP contribution is -2.46. The van der Waals surface area contributed by atoms with Crippen molar-refractivity contribution in [2.24, 2.45) is 0 Å². The van der Waals surface area contributed by atoms with Crippen LogP contribution in [-0.2, 0) is 0 Å². The largest absolute Gasteiger partial charge is 0.388 e. The van der Waals surface area contributed by atoms with E-state index in [2.05, 4.69) is 46.3 Å². The molecule has 1 aromatic carbocycles. The molecule has 0 atom stereocenters. The van der Waals surface area contributed by atoms with E-state index in [4.69, 9.17) is 0 Å². The lowest BCUT2D eigenvalue weighted by atomic mass is 10.2. The molecule has 88 valence electrons. The number of hydrogen-bond donors (Lipinski definition) is 1. The Labute approximate surface area is 98.0 Å². The molecular formula is C13H21N3. The van der Waals surface area contributed by atoms with Gasteiger partial charge in [0.05, 0.1) is 0 Å². The maximum Gasteiger partial charge on any atom is 0.0387 e. The van der Waals surface area contributed by atoms with Crippen LogP contribution in [0.1, 0.15) is 6.92 Å². The zero-order valence-electron chi connectivity index (χ0n) is 10.2. The third-order valence-corrected chi connectivity index (χ3v) is 3.32. The third-order valence-electron chi connectivity index (χ3n) is 3.32. The number of likely N-dealkylation sites (N-methyl/N-ethyl adjacent to an activating group) is 1. The van der Waals surface area contributed by atoms with Crippen LogP contribution in [0, 0.1) is 0 Å². The maximum atomic E-state index is 3.19. The number of rotatable bonds is 3. The summed E-state index contributed by atoms with van der Waals surface area (Å²) in [5, 5.41) is 3.19. The molecule has 0 bridgehead atoms. The molecule has 1 saturated heterocycles. The van der Waals surface area contributed by atoms with Gasteiger partial charge in [0.15, 0.2) is 0 Å². The maximum absolute atomic E-state index is 3.19. The number of nitrogens with one attached hydrogen (secondary N) is 1. The number of benzene rings is 1. The van der Waals surface area contributed by atoms with Crippen LogP contribution in [0.4, 0.5) is 11.4 Å². The molecule has 0 aliphatic carbocycles. The van der Waals surface area contributed by atoms with Gasteiger partial charge in [-0.15, -0.1) is 0 Å². The molecule has 1 fully saturated rings. The molecular weight excluding hydrogens is 198 g/mol. The van der Waals surface area contributed by atoms with Gasteiger partial charge in [-0.05, 0) is 24.7 Å². The minimum atomic E-state index is 1.14. The summed E-state index contributed by atoms with van der Waals surface area (Å²) in [5.74, 6) is 0. The molecule has 0 unspecified atom stereocenters. The minimum Gasteiger partial charge on any atom is -0.388 e. The molecule has 0 amide bonds. The Morgan fingerprint density at radius 3 is 2.56 bits per heavy atom. The van der Waals surface area contributed by atoms with Gasteiger partial charge in [0.2, 0.25) is 0 Å². The number of nitrogens with zero attached hydrogens (tertiary/aromatic N) is 2. The molecule has 0 aromatic heterocycles. The summed E-state index contributed by atoms with van der Waals surface area (Å²) < 4.78 is 0. The molecule has 0 spiro atoms. The van der Waals surface area contributed by atoms with Crippen LogP contribution in [0.25, 0.3) is 0 Å². The molecule has 3 nitrogen and oxygen atoms in total. The van der Waals surface area contributed by atoms with Gasteiger partial charge in [0.25, 0.3) is 0 Å². The number of anilines is 2. The fourth-order valence-corrected chi connectivity index (χ4v) is 2.18. The predicted octanol–water partition coefficient (Wildman–Crippen LogP) is 1.87. The van der Waals surface area contributed by atoms with Crippen molar-refractivity contribution in [2.45, 2.75) is 6.92 Å². The van der Waals surface area contributed by atoms with Crippen LogP contribution in [0.15, 0.2) is 24.3 Å². The first-order chi connectivity index (χ1) is 7.83. The van der Waals surface area contributed by atoms with Gasteiger partial charge in [-0.3, -0.25) is 0 Å². The molecule has 16 heavy (non-hydrogen) atoms. The average molecular weight is 219 g/mol. The zero-order valence-corrected chi connectivity index (χ0v) is 10.2. The highest BCUT2D eigenvalue weighted by Gasteiger charge is 2.15. The molecule has 1 aliphatic heterocycles. The highest BCUT2D eigenvalue weighted by molar-refractivity contribution is 5.58. The summed E-state index contributed by atoms with van der Waals surface area (Å²) in [6.07, 6.45) is 0. The van der Waals surface area contributed by atoms with Crippen LogP contribution in [-0.4, -0.2) is 44.7 Å². The van der Waals surface area contributed by atoms with E-state index in [0.717, 1.165) is 13.1 Å². The van der Waals surface area contributed by atoms with Crippen molar-refractivity contribution in [2.75, 3.05) is 50.0 Å². The van der Waals surface area contributed by atoms with Crippen LogP contribution in [0.3, 0.4) is 0 Å². The van der Waals surface area contributed by atoms with Gasteiger partial charge in [-0.2, -0.15) is 0 Å². The van der Waals surface area contributed by atoms with Gasteiger partial charge in [0, 0.05) is 44.6 Å². The molecule has 3 heteroatoms. The van der Waals surface area contributed by atoms with E-state index in [1.807, 2.05) is 7.05 Å². The van der Waals surface area contributed by atoms with Crippen LogP contribution in [0.5, 0.6) is 0 Å². The molecule has 0 saturated carbocycles. The Morgan fingerprint density at radius 2 is 1.94 bits per heavy atom. The highest BCUT2D eigenvalue weighted by Crippen LogP contribution is 2.20. The predicted molar refractivity (Wildman–Crippen MR) is 70.3 cm³/mol. The van der Waals surface area contributed by atoms with E-state index in [9.17, 15) is 0 Å². The Morgan fingerprint density at radius 1 is 1.19 bits per heavy atom. The monoisotopic (exact) mass is 219 g/mol. The molecule has 1 N–H and O–H groups in total. The Balaban J connectivity index is 2.02. The summed E-state index contributed by atoms with van der Waals surface area (Å²) in [6.45, 7) is 8.05. The standard InChI is InChI=1S/C13H21N3/c1-3-15-7-9-16(10-8-15)13-6-4-5-12(11-13)14-2/h4-6,11,14H,3,7-10H2,1-2H3. The van der Waals surface area contributed by atoms with Crippen LogP contribution >= 0.6 is 0 Å². The van der Waals surface area contributed by atoms with Crippen molar-refractivity contribution in [3.63, 3.8) is 0 Å². The van der Waals surface area contributed by atoms with Crippen molar-refractivity contribution in [3.8, 4) is 0 Å². The Hall–Kier alpha value is -1.22. The lowest BCUT2D eigenvalue weighted by molar-refractivity contribution is 0.271. The van der Waals surface area contributed by atoms with Gasteiger partial charge < -0.3 is 15.1 Å². The fourth-order valence-electron chi connectivity index (χ4n) is 2.18. The average Bonchev–Trinajstić information content (AvgIpc) is 2.39. The SMILES string of the molecule is CCN1CCN(c2cccc(NC)c2)CC1. The second-order valence-corrected chi connectivity index (χ2v) is 4.22. The molecule has 0 radical (unpaired) electrons.